The fourth-order valence-corrected chi connectivity index (χ4v) is 1.44. The Morgan fingerprint density at radius 2 is 1.81 bits per heavy atom. The second-order valence-corrected chi connectivity index (χ2v) is 4.63. The lowest BCUT2D eigenvalue weighted by atomic mass is 10.1. The molecule has 0 bridgehead atoms. The number of carbonyl (C=O) groups is 1. The molecule has 0 aliphatic heterocycles. The van der Waals surface area contributed by atoms with Crippen LogP contribution < -0.4 is 5.32 Å². The molecule has 21 heavy (non-hydrogen) atoms. The molecule has 1 amide bonds. The molecule has 2 aromatic rings. The average molecular weight is 299 g/mol. The summed E-state index contributed by atoms with van der Waals surface area (Å²) in [5, 5.41) is 9.70. The molecule has 0 aliphatic rings. The van der Waals surface area contributed by atoms with Crippen molar-refractivity contribution in [3.05, 3.63) is 29.8 Å². The molecule has 0 saturated carbocycles. The highest BCUT2D eigenvalue weighted by molar-refractivity contribution is 5.90. The van der Waals surface area contributed by atoms with Crippen molar-refractivity contribution in [2.45, 2.75) is 20.0 Å². The molecule has 1 aromatic heterocycles. The molecule has 0 spiro atoms. The number of rotatable bonds is 3. The zero-order valence-electron chi connectivity index (χ0n) is 11.2. The molecule has 2 rings (SSSR count). The van der Waals surface area contributed by atoms with Gasteiger partial charge in [0.25, 0.3) is 0 Å². The molecular weight excluding hydrogens is 287 g/mol. The standard InChI is InChI=1S/C13H12F3N3O2/c1-7(2)10(20)17-12-19-18-11(21-12)8-3-5-9(6-4-8)13(14,15)16/h3-7H,1-2H3,(H,17,19,20). The van der Waals surface area contributed by atoms with Crippen molar-refractivity contribution in [2.24, 2.45) is 5.92 Å². The largest absolute Gasteiger partial charge is 0.416 e. The highest BCUT2D eigenvalue weighted by Gasteiger charge is 2.30. The number of nitrogens with one attached hydrogen (secondary N) is 1. The summed E-state index contributed by atoms with van der Waals surface area (Å²) < 4.78 is 42.5. The van der Waals surface area contributed by atoms with Gasteiger partial charge in [0.15, 0.2) is 0 Å². The summed E-state index contributed by atoms with van der Waals surface area (Å²) in [6.07, 6.45) is -4.40. The van der Waals surface area contributed by atoms with Crippen LogP contribution in [0.2, 0.25) is 0 Å². The minimum absolute atomic E-state index is 0.0304. The molecule has 0 unspecified atom stereocenters. The molecule has 112 valence electrons. The third-order valence-electron chi connectivity index (χ3n) is 2.64. The van der Waals surface area contributed by atoms with Gasteiger partial charge in [-0.05, 0) is 24.3 Å². The zero-order chi connectivity index (χ0) is 15.6. The average Bonchev–Trinajstić information content (AvgIpc) is 2.86. The van der Waals surface area contributed by atoms with E-state index in [1.54, 1.807) is 13.8 Å². The van der Waals surface area contributed by atoms with E-state index in [-0.39, 0.29) is 23.7 Å². The molecule has 0 atom stereocenters. The van der Waals surface area contributed by atoms with Crippen molar-refractivity contribution in [1.82, 2.24) is 10.2 Å². The van der Waals surface area contributed by atoms with Crippen LogP contribution >= 0.6 is 0 Å². The normalized spacial score (nSPS) is 11.7. The molecule has 5 nitrogen and oxygen atoms in total. The Hall–Kier alpha value is -2.38. The van der Waals surface area contributed by atoms with Gasteiger partial charge in [-0.1, -0.05) is 18.9 Å². The maximum Gasteiger partial charge on any atom is 0.416 e. The van der Waals surface area contributed by atoms with Crippen LogP contribution in [0.15, 0.2) is 28.7 Å². The number of hydrogen-bond donors (Lipinski definition) is 1. The maximum atomic E-state index is 12.4. The number of alkyl halides is 3. The number of nitrogens with zero attached hydrogens (tertiary/aromatic N) is 2. The van der Waals surface area contributed by atoms with E-state index >= 15 is 0 Å². The minimum atomic E-state index is -4.40. The van der Waals surface area contributed by atoms with Crippen molar-refractivity contribution in [3.8, 4) is 11.5 Å². The summed E-state index contributed by atoms with van der Waals surface area (Å²) in [6, 6.07) is 4.20. The summed E-state index contributed by atoms with van der Waals surface area (Å²) in [5.41, 5.74) is -0.431. The number of benzene rings is 1. The second kappa shape index (κ2) is 5.55. The predicted octanol–water partition coefficient (Wildman–Crippen LogP) is 3.35. The number of anilines is 1. The van der Waals surface area contributed by atoms with Crippen LogP contribution in [-0.4, -0.2) is 16.1 Å². The number of amides is 1. The van der Waals surface area contributed by atoms with Crippen LogP contribution in [0.25, 0.3) is 11.5 Å². The van der Waals surface area contributed by atoms with Gasteiger partial charge in [0.2, 0.25) is 11.8 Å². The van der Waals surface area contributed by atoms with Crippen LogP contribution in [0.5, 0.6) is 0 Å². The summed E-state index contributed by atoms with van der Waals surface area (Å²) in [4.78, 5) is 11.4. The van der Waals surface area contributed by atoms with Gasteiger partial charge in [-0.25, -0.2) is 0 Å². The van der Waals surface area contributed by atoms with E-state index in [1.165, 1.54) is 12.1 Å². The first-order chi connectivity index (χ1) is 9.77. The monoisotopic (exact) mass is 299 g/mol. The van der Waals surface area contributed by atoms with Crippen molar-refractivity contribution in [1.29, 1.82) is 0 Å². The highest BCUT2D eigenvalue weighted by atomic mass is 19.4. The Morgan fingerprint density at radius 3 is 2.33 bits per heavy atom. The van der Waals surface area contributed by atoms with Gasteiger partial charge >= 0.3 is 12.2 Å². The molecule has 1 aromatic carbocycles. The van der Waals surface area contributed by atoms with Crippen molar-refractivity contribution >= 4 is 11.9 Å². The molecular formula is C13H12F3N3O2. The van der Waals surface area contributed by atoms with Gasteiger partial charge < -0.3 is 4.42 Å². The number of halogens is 3. The molecule has 0 aliphatic carbocycles. The van der Waals surface area contributed by atoms with E-state index < -0.39 is 11.7 Å². The fourth-order valence-electron chi connectivity index (χ4n) is 1.44. The molecule has 1 N–H and O–H groups in total. The Labute approximate surface area is 118 Å². The predicted molar refractivity (Wildman–Crippen MR) is 68.2 cm³/mol. The molecule has 0 fully saturated rings. The Kier molecular flexibility index (Phi) is 3.97. The molecule has 0 saturated heterocycles. The third-order valence-corrected chi connectivity index (χ3v) is 2.64. The zero-order valence-corrected chi connectivity index (χ0v) is 11.2. The van der Waals surface area contributed by atoms with E-state index in [1.807, 2.05) is 0 Å². The van der Waals surface area contributed by atoms with Crippen molar-refractivity contribution in [2.75, 3.05) is 5.32 Å². The maximum absolute atomic E-state index is 12.4. The van der Waals surface area contributed by atoms with Gasteiger partial charge in [0.05, 0.1) is 5.56 Å². The quantitative estimate of drug-likeness (QED) is 0.943. The minimum Gasteiger partial charge on any atom is -0.403 e. The van der Waals surface area contributed by atoms with Crippen LogP contribution in [-0.2, 0) is 11.0 Å². The van der Waals surface area contributed by atoms with Gasteiger partial charge in [0, 0.05) is 11.5 Å². The highest BCUT2D eigenvalue weighted by Crippen LogP contribution is 2.30. The van der Waals surface area contributed by atoms with Gasteiger partial charge in [-0.3, -0.25) is 10.1 Å². The van der Waals surface area contributed by atoms with E-state index in [2.05, 4.69) is 15.5 Å². The Balaban J connectivity index is 2.16. The SMILES string of the molecule is CC(C)C(=O)Nc1nnc(-c2ccc(C(F)(F)F)cc2)o1. The van der Waals surface area contributed by atoms with E-state index in [0.717, 1.165) is 12.1 Å². The summed E-state index contributed by atoms with van der Waals surface area (Å²) in [7, 11) is 0. The van der Waals surface area contributed by atoms with E-state index in [0.29, 0.717) is 5.56 Å². The summed E-state index contributed by atoms with van der Waals surface area (Å²) in [5.74, 6) is -0.521. The number of carbonyl (C=O) groups excluding carboxylic acids is 1. The Bertz CT molecular complexity index is 633. The van der Waals surface area contributed by atoms with Crippen LogP contribution in [0.1, 0.15) is 19.4 Å². The van der Waals surface area contributed by atoms with Crippen molar-refractivity contribution in [3.63, 3.8) is 0 Å². The van der Waals surface area contributed by atoms with E-state index in [9.17, 15) is 18.0 Å². The topological polar surface area (TPSA) is 68.0 Å². The van der Waals surface area contributed by atoms with E-state index in [4.69, 9.17) is 4.42 Å². The van der Waals surface area contributed by atoms with Gasteiger partial charge in [0.1, 0.15) is 0 Å². The van der Waals surface area contributed by atoms with Crippen molar-refractivity contribution < 1.29 is 22.4 Å². The smallest absolute Gasteiger partial charge is 0.403 e. The lowest BCUT2D eigenvalue weighted by Gasteiger charge is -2.06. The van der Waals surface area contributed by atoms with Crippen LogP contribution in [0.4, 0.5) is 19.2 Å². The fraction of sp³-hybridized carbons (Fsp3) is 0.308. The number of hydrogen-bond acceptors (Lipinski definition) is 4. The second-order valence-electron chi connectivity index (χ2n) is 4.63. The molecule has 8 heteroatoms. The molecule has 1 heterocycles. The number of aromatic nitrogens is 2. The Morgan fingerprint density at radius 1 is 1.19 bits per heavy atom. The van der Waals surface area contributed by atoms with Gasteiger partial charge in [-0.15, -0.1) is 5.10 Å². The summed E-state index contributed by atoms with van der Waals surface area (Å²) >= 11 is 0. The first-order valence-corrected chi connectivity index (χ1v) is 6.09. The van der Waals surface area contributed by atoms with Gasteiger partial charge in [-0.2, -0.15) is 13.2 Å². The lowest BCUT2D eigenvalue weighted by Crippen LogP contribution is -2.17. The van der Waals surface area contributed by atoms with Crippen LogP contribution in [0, 0.1) is 5.92 Å². The lowest BCUT2D eigenvalue weighted by molar-refractivity contribution is -0.137. The summed E-state index contributed by atoms with van der Waals surface area (Å²) in [6.45, 7) is 3.39. The van der Waals surface area contributed by atoms with Crippen LogP contribution in [0.3, 0.4) is 0 Å². The third kappa shape index (κ3) is 3.59. The first-order valence-electron chi connectivity index (χ1n) is 6.09. The first kappa shape index (κ1) is 15.0. The molecule has 0 radical (unpaired) electrons.